The van der Waals surface area contributed by atoms with Gasteiger partial charge < -0.3 is 0 Å². The lowest BCUT2D eigenvalue weighted by Crippen LogP contribution is -2.39. The topological polar surface area (TPSA) is 0 Å². The van der Waals surface area contributed by atoms with Gasteiger partial charge in [0.05, 0.1) is 0 Å². The van der Waals surface area contributed by atoms with Crippen LogP contribution in [0.4, 0.5) is 0 Å². The van der Waals surface area contributed by atoms with E-state index in [1.165, 1.54) is 57.8 Å². The van der Waals surface area contributed by atoms with Crippen molar-refractivity contribution < 1.29 is 0 Å². The second-order valence-electron chi connectivity index (χ2n) is 7.54. The SMILES string of the molecule is CCCCC1CCCC2C3C=CC=CC3[C]C12CCCC. The van der Waals surface area contributed by atoms with Crippen LogP contribution in [-0.2, 0) is 0 Å². The average molecular weight is 284 g/mol. The van der Waals surface area contributed by atoms with Crippen molar-refractivity contribution in [3.8, 4) is 0 Å². The maximum atomic E-state index is 4.16. The highest BCUT2D eigenvalue weighted by Gasteiger charge is 2.56. The standard InChI is InChI=1S/C21H32/c1-3-5-11-18-12-9-14-20-19-13-8-7-10-17(19)16-21(18,20)15-6-4-2/h7-8,10,13,17-20H,3-6,9,11-12,14-15H2,1-2H3. The molecule has 2 saturated carbocycles. The fraction of sp³-hybridized carbons (Fsp3) is 0.762. The van der Waals surface area contributed by atoms with Crippen LogP contribution < -0.4 is 0 Å². The summed E-state index contributed by atoms with van der Waals surface area (Å²) < 4.78 is 0. The summed E-state index contributed by atoms with van der Waals surface area (Å²) >= 11 is 0. The predicted octanol–water partition coefficient (Wildman–Crippen LogP) is 6.22. The molecule has 5 atom stereocenters. The molecule has 0 amide bonds. The molecule has 0 saturated heterocycles. The monoisotopic (exact) mass is 284 g/mol. The van der Waals surface area contributed by atoms with Crippen LogP contribution in [0.25, 0.3) is 0 Å². The summed E-state index contributed by atoms with van der Waals surface area (Å²) in [7, 11) is 0. The van der Waals surface area contributed by atoms with Gasteiger partial charge in [-0.15, -0.1) is 0 Å². The molecule has 3 aliphatic carbocycles. The third-order valence-corrected chi connectivity index (χ3v) is 6.39. The van der Waals surface area contributed by atoms with Gasteiger partial charge in [-0.1, -0.05) is 70.3 Å². The Morgan fingerprint density at radius 3 is 2.67 bits per heavy atom. The van der Waals surface area contributed by atoms with E-state index in [4.69, 9.17) is 0 Å². The van der Waals surface area contributed by atoms with Gasteiger partial charge in [-0.05, 0) is 61.2 Å². The van der Waals surface area contributed by atoms with Crippen molar-refractivity contribution >= 4 is 0 Å². The zero-order chi connectivity index (χ0) is 14.7. The molecule has 0 bridgehead atoms. The molecule has 2 radical (unpaired) electrons. The smallest absolute Gasteiger partial charge is 0.00193 e. The van der Waals surface area contributed by atoms with Gasteiger partial charge in [0.2, 0.25) is 0 Å². The summed E-state index contributed by atoms with van der Waals surface area (Å²) in [5.41, 5.74) is 0.442. The predicted molar refractivity (Wildman–Crippen MR) is 90.8 cm³/mol. The van der Waals surface area contributed by atoms with Crippen LogP contribution in [0.3, 0.4) is 0 Å². The molecule has 3 rings (SSSR count). The van der Waals surface area contributed by atoms with Crippen LogP contribution in [0.15, 0.2) is 24.3 Å². The van der Waals surface area contributed by atoms with Crippen LogP contribution in [0.5, 0.6) is 0 Å². The Labute approximate surface area is 132 Å². The van der Waals surface area contributed by atoms with Gasteiger partial charge in [0.1, 0.15) is 0 Å². The van der Waals surface area contributed by atoms with Crippen molar-refractivity contribution in [2.75, 3.05) is 0 Å². The molecule has 0 aromatic heterocycles. The molecule has 21 heavy (non-hydrogen) atoms. The fourth-order valence-electron chi connectivity index (χ4n) is 5.41. The molecule has 0 N–H and O–H groups in total. The highest BCUT2D eigenvalue weighted by molar-refractivity contribution is 5.27. The first-order chi connectivity index (χ1) is 10.3. The summed E-state index contributed by atoms with van der Waals surface area (Å²) in [6.07, 6.45) is 26.3. The lowest BCUT2D eigenvalue weighted by atomic mass is 9.57. The van der Waals surface area contributed by atoms with Gasteiger partial charge in [0.25, 0.3) is 0 Å². The van der Waals surface area contributed by atoms with Crippen LogP contribution in [0.2, 0.25) is 0 Å². The molecule has 0 nitrogen and oxygen atoms in total. The summed E-state index contributed by atoms with van der Waals surface area (Å²) in [6, 6.07) is 0. The van der Waals surface area contributed by atoms with Crippen molar-refractivity contribution in [3.63, 3.8) is 0 Å². The second kappa shape index (κ2) is 6.71. The molecule has 0 aromatic rings. The minimum atomic E-state index is 0.442. The molecule has 0 spiro atoms. The summed E-state index contributed by atoms with van der Waals surface area (Å²) in [5, 5.41) is 0. The summed E-state index contributed by atoms with van der Waals surface area (Å²) in [5.74, 6) is 3.16. The van der Waals surface area contributed by atoms with Gasteiger partial charge in [-0.3, -0.25) is 0 Å². The molecule has 0 aromatic carbocycles. The molecule has 0 aliphatic heterocycles. The van der Waals surface area contributed by atoms with Crippen LogP contribution >= 0.6 is 0 Å². The highest BCUT2D eigenvalue weighted by Crippen LogP contribution is 2.63. The Bertz CT molecular complexity index is 391. The zero-order valence-corrected chi connectivity index (χ0v) is 14.0. The summed E-state index contributed by atoms with van der Waals surface area (Å²) in [6.45, 7) is 4.68. The Balaban J connectivity index is 1.86. The van der Waals surface area contributed by atoms with E-state index in [1.807, 2.05) is 0 Å². The number of rotatable bonds is 6. The van der Waals surface area contributed by atoms with Gasteiger partial charge in [-0.2, -0.15) is 0 Å². The van der Waals surface area contributed by atoms with Gasteiger partial charge in [0.15, 0.2) is 0 Å². The molecule has 0 heterocycles. The van der Waals surface area contributed by atoms with Crippen molar-refractivity contribution in [2.24, 2.45) is 29.1 Å². The molecule has 116 valence electrons. The minimum Gasteiger partial charge on any atom is -0.0805 e. The van der Waals surface area contributed by atoms with Crippen LogP contribution in [0.1, 0.15) is 71.6 Å². The Morgan fingerprint density at radius 1 is 1.05 bits per heavy atom. The maximum Gasteiger partial charge on any atom is -0.00193 e. The number of hydrogen-bond acceptors (Lipinski definition) is 0. The number of hydrogen-bond donors (Lipinski definition) is 0. The Kier molecular flexibility index (Phi) is 4.92. The maximum absolute atomic E-state index is 4.16. The highest BCUT2D eigenvalue weighted by atomic mass is 14.6. The van der Waals surface area contributed by atoms with E-state index in [0.29, 0.717) is 11.3 Å². The second-order valence-corrected chi connectivity index (χ2v) is 7.54. The van der Waals surface area contributed by atoms with Gasteiger partial charge in [0, 0.05) is 0 Å². The largest absolute Gasteiger partial charge is 0.0805 e. The van der Waals surface area contributed by atoms with Crippen molar-refractivity contribution in [3.05, 3.63) is 30.7 Å². The third-order valence-electron chi connectivity index (χ3n) is 6.39. The Morgan fingerprint density at radius 2 is 1.86 bits per heavy atom. The first-order valence-electron chi connectivity index (χ1n) is 9.44. The van der Waals surface area contributed by atoms with Gasteiger partial charge >= 0.3 is 0 Å². The quantitative estimate of drug-likeness (QED) is 0.543. The van der Waals surface area contributed by atoms with Gasteiger partial charge in [-0.25, -0.2) is 0 Å². The number of allylic oxidation sites excluding steroid dienone is 4. The Hall–Kier alpha value is -0.520. The van der Waals surface area contributed by atoms with Crippen molar-refractivity contribution in [2.45, 2.75) is 71.6 Å². The van der Waals surface area contributed by atoms with E-state index >= 15 is 0 Å². The summed E-state index contributed by atoms with van der Waals surface area (Å²) in [4.78, 5) is 0. The normalized spacial score (nSPS) is 41.0. The lowest BCUT2D eigenvalue weighted by molar-refractivity contribution is 0.0468. The van der Waals surface area contributed by atoms with Crippen LogP contribution in [-0.4, -0.2) is 0 Å². The van der Waals surface area contributed by atoms with E-state index in [0.717, 1.165) is 17.8 Å². The van der Waals surface area contributed by atoms with E-state index < -0.39 is 0 Å². The zero-order valence-electron chi connectivity index (χ0n) is 14.0. The molecule has 5 unspecified atom stereocenters. The molecule has 2 fully saturated rings. The first kappa shape index (κ1) is 15.4. The molecule has 0 heteroatoms. The van der Waals surface area contributed by atoms with Crippen molar-refractivity contribution in [1.82, 2.24) is 0 Å². The lowest BCUT2D eigenvalue weighted by Gasteiger charge is -2.47. The van der Waals surface area contributed by atoms with E-state index in [1.54, 1.807) is 0 Å². The average Bonchev–Trinajstić information content (AvgIpc) is 2.86. The minimum absolute atomic E-state index is 0.442. The van der Waals surface area contributed by atoms with Crippen LogP contribution in [0, 0.1) is 35.5 Å². The molecular formula is C21H32. The number of fused-ring (bicyclic) bond motifs is 3. The first-order valence-corrected chi connectivity index (χ1v) is 9.44. The van der Waals surface area contributed by atoms with Crippen molar-refractivity contribution in [1.29, 1.82) is 0 Å². The van der Waals surface area contributed by atoms with E-state index in [-0.39, 0.29) is 0 Å². The van der Waals surface area contributed by atoms with E-state index in [2.05, 4.69) is 44.6 Å². The number of unbranched alkanes of at least 4 members (excludes halogenated alkanes) is 2. The fourth-order valence-corrected chi connectivity index (χ4v) is 5.41. The third kappa shape index (κ3) is 2.76. The molecule has 3 aliphatic rings. The molecular weight excluding hydrogens is 252 g/mol. The van der Waals surface area contributed by atoms with E-state index in [9.17, 15) is 0 Å².